The summed E-state index contributed by atoms with van der Waals surface area (Å²) in [5.74, 6) is -3.32. The van der Waals surface area contributed by atoms with Crippen LogP contribution in [0, 0.1) is 5.92 Å². The Morgan fingerprint density at radius 1 is 1.46 bits per heavy atom. The number of hydrogen-bond donors (Lipinski definition) is 0. The lowest BCUT2D eigenvalue weighted by atomic mass is 10.0. The van der Waals surface area contributed by atoms with Gasteiger partial charge in [-0.1, -0.05) is 18.5 Å². The molecule has 2 atom stereocenters. The van der Waals surface area contributed by atoms with Crippen molar-refractivity contribution < 1.29 is 23.1 Å². The molecule has 0 heterocycles. The molecule has 0 aliphatic heterocycles. The Hall–Kier alpha value is -0.160. The molecular weight excluding hydrogens is 232 g/mol. The van der Waals surface area contributed by atoms with Crippen LogP contribution in [0.25, 0.3) is 0 Å². The van der Waals surface area contributed by atoms with Gasteiger partial charge in [-0.05, 0) is 18.0 Å². The van der Waals surface area contributed by atoms with Gasteiger partial charge < -0.3 is 9.90 Å². The second-order valence-corrected chi connectivity index (χ2v) is 3.62. The number of rotatable bonds is 4. The zero-order chi connectivity index (χ0) is 10.9. The summed E-state index contributed by atoms with van der Waals surface area (Å²) in [5, 5.41) is 2.05. The van der Waals surface area contributed by atoms with E-state index in [1.54, 1.807) is 0 Å². The molecule has 0 N–H and O–H groups in total. The highest BCUT2D eigenvalue weighted by Gasteiger charge is 2.55. The summed E-state index contributed by atoms with van der Waals surface area (Å²) in [7, 11) is 0. The summed E-state index contributed by atoms with van der Waals surface area (Å²) >= 11 is 9.12. The Morgan fingerprint density at radius 3 is 2.08 bits per heavy atom. The van der Waals surface area contributed by atoms with Gasteiger partial charge in [-0.25, -0.2) is 4.39 Å². The molecule has 78 valence electrons. The van der Waals surface area contributed by atoms with Gasteiger partial charge in [0.2, 0.25) is 0 Å². The van der Waals surface area contributed by atoms with Gasteiger partial charge in [0.1, 0.15) is 0 Å². The Kier molecular flexibility index (Phi) is 3.87. The Balaban J connectivity index is 4.54. The maximum absolute atomic E-state index is 12.9. The number of hydrogen-bond acceptors (Lipinski definition) is 2. The monoisotopic (exact) mass is 237 g/mol. The highest BCUT2D eigenvalue weighted by atomic mass is 35.5. The fourth-order valence-electron chi connectivity index (χ4n) is 0.658. The lowest BCUT2D eigenvalue weighted by molar-refractivity contribution is -0.307. The Bertz CT molecular complexity index is 203. The molecule has 2 unspecified atom stereocenters. The molecule has 0 saturated heterocycles. The van der Waals surface area contributed by atoms with Gasteiger partial charge in [-0.15, -0.1) is 0 Å². The van der Waals surface area contributed by atoms with Gasteiger partial charge >= 0.3 is 5.38 Å². The minimum absolute atomic E-state index is 0.902. The SMILES string of the molecule is CC(CC(=O)[O-])C(F)(Cl)C(F)(F)Cl. The van der Waals surface area contributed by atoms with E-state index >= 15 is 0 Å². The normalized spacial score (nSPS) is 19.2. The molecule has 0 amide bonds. The zero-order valence-electron chi connectivity index (χ0n) is 6.49. The van der Waals surface area contributed by atoms with Crippen molar-refractivity contribution in [3.8, 4) is 0 Å². The first kappa shape index (κ1) is 12.8. The van der Waals surface area contributed by atoms with Crippen LogP contribution in [0.3, 0.4) is 0 Å². The van der Waals surface area contributed by atoms with Gasteiger partial charge in [0.25, 0.3) is 5.13 Å². The van der Waals surface area contributed by atoms with Crippen LogP contribution in [0.1, 0.15) is 13.3 Å². The summed E-state index contributed by atoms with van der Waals surface area (Å²) < 4.78 is 37.4. The highest BCUT2D eigenvalue weighted by molar-refractivity contribution is 6.32. The van der Waals surface area contributed by atoms with E-state index in [2.05, 4.69) is 11.6 Å². The molecule has 7 heteroatoms. The van der Waals surface area contributed by atoms with Gasteiger partial charge in [-0.2, -0.15) is 8.78 Å². The minimum Gasteiger partial charge on any atom is -0.550 e. The highest BCUT2D eigenvalue weighted by Crippen LogP contribution is 2.45. The maximum Gasteiger partial charge on any atom is 0.369 e. The largest absolute Gasteiger partial charge is 0.550 e. The van der Waals surface area contributed by atoms with E-state index in [1.807, 2.05) is 0 Å². The topological polar surface area (TPSA) is 40.1 Å². The first-order chi connectivity index (χ1) is 5.59. The van der Waals surface area contributed by atoms with Crippen LogP contribution in [-0.2, 0) is 4.79 Å². The molecule has 0 radical (unpaired) electrons. The van der Waals surface area contributed by atoms with Gasteiger partial charge in [0.05, 0.1) is 0 Å². The molecule has 0 aromatic carbocycles. The van der Waals surface area contributed by atoms with Crippen molar-refractivity contribution >= 4 is 29.2 Å². The fourth-order valence-corrected chi connectivity index (χ4v) is 0.921. The van der Waals surface area contributed by atoms with Crippen LogP contribution in [0.15, 0.2) is 0 Å². The summed E-state index contributed by atoms with van der Waals surface area (Å²) in [5.41, 5.74) is 0. The third-order valence-electron chi connectivity index (χ3n) is 1.47. The quantitative estimate of drug-likeness (QED) is 0.696. The molecule has 0 rings (SSSR count). The van der Waals surface area contributed by atoms with Crippen molar-refractivity contribution in [2.45, 2.75) is 23.9 Å². The first-order valence-electron chi connectivity index (χ1n) is 3.23. The van der Waals surface area contributed by atoms with Crippen molar-refractivity contribution in [1.29, 1.82) is 0 Å². The number of carboxylic acids is 1. The van der Waals surface area contributed by atoms with Crippen LogP contribution in [0.5, 0.6) is 0 Å². The molecule has 0 fully saturated rings. The predicted molar refractivity (Wildman–Crippen MR) is 39.3 cm³/mol. The molecule has 0 bridgehead atoms. The van der Waals surface area contributed by atoms with E-state index in [9.17, 15) is 23.1 Å². The number of carboxylic acid groups (broad SMARTS) is 1. The molecule has 0 aliphatic rings. The van der Waals surface area contributed by atoms with Crippen molar-refractivity contribution in [3.05, 3.63) is 0 Å². The molecule has 13 heavy (non-hydrogen) atoms. The number of carbonyl (C=O) groups excluding carboxylic acids is 1. The van der Waals surface area contributed by atoms with Gasteiger partial charge in [0.15, 0.2) is 0 Å². The third kappa shape index (κ3) is 3.23. The van der Waals surface area contributed by atoms with Crippen LogP contribution in [0.2, 0.25) is 0 Å². The van der Waals surface area contributed by atoms with Gasteiger partial charge in [0, 0.05) is 11.9 Å². The van der Waals surface area contributed by atoms with Crippen molar-refractivity contribution in [1.82, 2.24) is 0 Å². The van der Waals surface area contributed by atoms with E-state index in [-0.39, 0.29) is 0 Å². The number of aliphatic carboxylic acids is 1. The second-order valence-electron chi connectivity index (χ2n) is 2.60. The van der Waals surface area contributed by atoms with Crippen LogP contribution >= 0.6 is 23.2 Å². The minimum atomic E-state index is -4.32. The molecule has 0 aromatic rings. The average Bonchev–Trinajstić information content (AvgIpc) is 1.82. The summed E-state index contributed by atoms with van der Waals surface area (Å²) in [6.45, 7) is 0.902. The standard InChI is InChI=1S/C6H7Cl2F3O2/c1-3(2-4(12)13)5(7,9)6(8,10)11/h3H,2H2,1H3,(H,12,13)/p-1. The molecule has 0 aliphatic carbocycles. The van der Waals surface area contributed by atoms with Crippen molar-refractivity contribution in [2.75, 3.05) is 0 Å². The molecule has 2 nitrogen and oxygen atoms in total. The summed E-state index contributed by atoms with van der Waals surface area (Å²) in [6.07, 6.45) is -0.928. The van der Waals surface area contributed by atoms with E-state index in [1.165, 1.54) is 0 Å². The Morgan fingerprint density at radius 2 is 1.85 bits per heavy atom. The summed E-state index contributed by atoms with van der Waals surface area (Å²) in [4.78, 5) is 9.96. The Labute approximate surface area is 82.6 Å². The number of halogens is 5. The van der Waals surface area contributed by atoms with Crippen LogP contribution in [0.4, 0.5) is 13.2 Å². The first-order valence-corrected chi connectivity index (χ1v) is 3.99. The molecular formula is C6H6Cl2F3O2-. The average molecular weight is 238 g/mol. The molecule has 0 spiro atoms. The molecule has 0 saturated carbocycles. The van der Waals surface area contributed by atoms with E-state index < -0.39 is 28.8 Å². The number of alkyl halides is 5. The van der Waals surface area contributed by atoms with Gasteiger partial charge in [-0.3, -0.25) is 0 Å². The van der Waals surface area contributed by atoms with Crippen molar-refractivity contribution in [2.24, 2.45) is 5.92 Å². The maximum atomic E-state index is 12.9. The van der Waals surface area contributed by atoms with Crippen LogP contribution in [-0.4, -0.2) is 16.5 Å². The molecule has 0 aromatic heterocycles. The second kappa shape index (κ2) is 3.92. The van der Waals surface area contributed by atoms with Crippen molar-refractivity contribution in [3.63, 3.8) is 0 Å². The lowest BCUT2D eigenvalue weighted by Gasteiger charge is -2.28. The van der Waals surface area contributed by atoms with E-state index in [0.717, 1.165) is 6.92 Å². The van der Waals surface area contributed by atoms with Crippen LogP contribution < -0.4 is 5.11 Å². The van der Waals surface area contributed by atoms with E-state index in [4.69, 9.17) is 11.6 Å². The summed E-state index contributed by atoms with van der Waals surface area (Å²) in [6, 6.07) is 0. The fraction of sp³-hybridized carbons (Fsp3) is 0.833. The lowest BCUT2D eigenvalue weighted by Crippen LogP contribution is -2.42. The smallest absolute Gasteiger partial charge is 0.369 e. The predicted octanol–water partition coefficient (Wildman–Crippen LogP) is 1.50. The zero-order valence-corrected chi connectivity index (χ0v) is 8.00. The van der Waals surface area contributed by atoms with E-state index in [0.29, 0.717) is 0 Å². The third-order valence-corrected chi connectivity index (χ3v) is 2.45. The number of carbonyl (C=O) groups is 1.